The van der Waals surface area contributed by atoms with Crippen LogP contribution in [0.15, 0.2) is 21.5 Å². The van der Waals surface area contributed by atoms with Crippen molar-refractivity contribution in [3.05, 3.63) is 27.7 Å². The molecule has 1 rings (SSSR count). The van der Waals surface area contributed by atoms with Gasteiger partial charge in [0.1, 0.15) is 0 Å². The van der Waals surface area contributed by atoms with E-state index >= 15 is 0 Å². The molecule has 0 aromatic heterocycles. The molecule has 1 atom stereocenters. The molecule has 0 saturated heterocycles. The third kappa shape index (κ3) is 5.36. The molecule has 0 heterocycles. The lowest BCUT2D eigenvalue weighted by atomic mass is 10.1. The number of aryl methyl sites for hydroxylation is 1. The van der Waals surface area contributed by atoms with E-state index in [9.17, 15) is 8.42 Å². The minimum Gasteiger partial charge on any atom is -0.310 e. The minimum atomic E-state index is -3.51. The summed E-state index contributed by atoms with van der Waals surface area (Å²) in [6, 6.07) is 4.01. The average Bonchev–Trinajstić information content (AvgIpc) is 2.38. The highest BCUT2D eigenvalue weighted by Gasteiger charge is 2.21. The predicted molar refractivity (Wildman–Crippen MR) is 90.9 cm³/mol. The van der Waals surface area contributed by atoms with Crippen LogP contribution in [0.25, 0.3) is 0 Å². The number of sulfonamides is 1. The Balaban J connectivity index is 3.16. The number of nitrogens with one attached hydrogen (secondary N) is 2. The Morgan fingerprint density at radius 2 is 1.86 bits per heavy atom. The van der Waals surface area contributed by atoms with E-state index in [-0.39, 0.29) is 6.04 Å². The van der Waals surface area contributed by atoms with Crippen LogP contribution >= 0.6 is 15.9 Å². The first-order chi connectivity index (χ1) is 9.67. The van der Waals surface area contributed by atoms with Gasteiger partial charge in [0.25, 0.3) is 0 Å². The fraction of sp³-hybridized carbons (Fsp3) is 0.600. The Morgan fingerprint density at radius 1 is 1.24 bits per heavy atom. The zero-order valence-electron chi connectivity index (χ0n) is 13.3. The third-order valence-electron chi connectivity index (χ3n) is 3.25. The van der Waals surface area contributed by atoms with Crippen LogP contribution in [-0.4, -0.2) is 20.5 Å². The first-order valence-corrected chi connectivity index (χ1v) is 9.49. The minimum absolute atomic E-state index is 0.0837. The smallest absolute Gasteiger partial charge is 0.241 e. The van der Waals surface area contributed by atoms with Gasteiger partial charge in [-0.05, 0) is 53.4 Å². The predicted octanol–water partition coefficient (Wildman–Crippen LogP) is 3.33. The fourth-order valence-electron chi connectivity index (χ4n) is 1.84. The van der Waals surface area contributed by atoms with E-state index in [4.69, 9.17) is 0 Å². The lowest BCUT2D eigenvalue weighted by Crippen LogP contribution is -2.32. The summed E-state index contributed by atoms with van der Waals surface area (Å²) in [7, 11) is -3.51. The van der Waals surface area contributed by atoms with Crippen LogP contribution in [0, 0.1) is 6.92 Å². The van der Waals surface area contributed by atoms with Crippen molar-refractivity contribution in [2.24, 2.45) is 0 Å². The Hall–Kier alpha value is -0.430. The average molecular weight is 377 g/mol. The first-order valence-electron chi connectivity index (χ1n) is 7.22. The van der Waals surface area contributed by atoms with Gasteiger partial charge in [0.2, 0.25) is 10.0 Å². The topological polar surface area (TPSA) is 58.2 Å². The van der Waals surface area contributed by atoms with Crippen LogP contribution in [0.2, 0.25) is 0 Å². The van der Waals surface area contributed by atoms with Crippen molar-refractivity contribution in [3.63, 3.8) is 0 Å². The zero-order valence-corrected chi connectivity index (χ0v) is 15.7. The van der Waals surface area contributed by atoms with Crippen molar-refractivity contribution in [1.82, 2.24) is 10.0 Å². The second-order valence-corrected chi connectivity index (χ2v) is 8.17. The highest BCUT2D eigenvalue weighted by Crippen LogP contribution is 2.27. The van der Waals surface area contributed by atoms with Gasteiger partial charge >= 0.3 is 0 Å². The molecule has 1 unspecified atom stereocenters. The number of benzene rings is 1. The summed E-state index contributed by atoms with van der Waals surface area (Å²) < 4.78 is 28.3. The van der Waals surface area contributed by atoms with Crippen LogP contribution in [0.4, 0.5) is 0 Å². The van der Waals surface area contributed by atoms with Crippen molar-refractivity contribution < 1.29 is 8.42 Å². The Labute approximate surface area is 136 Å². The molecule has 2 N–H and O–H groups in total. The van der Waals surface area contributed by atoms with Crippen LogP contribution < -0.4 is 10.0 Å². The number of hydrogen-bond donors (Lipinski definition) is 2. The second-order valence-electron chi connectivity index (χ2n) is 5.69. The van der Waals surface area contributed by atoms with Crippen molar-refractivity contribution in [2.75, 3.05) is 0 Å². The van der Waals surface area contributed by atoms with Gasteiger partial charge in [0.15, 0.2) is 0 Å². The molecule has 4 nitrogen and oxygen atoms in total. The third-order valence-corrected chi connectivity index (χ3v) is 6.18. The molecule has 0 spiro atoms. The van der Waals surface area contributed by atoms with Gasteiger partial charge in [-0.25, -0.2) is 13.1 Å². The molecule has 0 aliphatic heterocycles. The van der Waals surface area contributed by atoms with E-state index in [0.29, 0.717) is 22.0 Å². The first kappa shape index (κ1) is 18.6. The van der Waals surface area contributed by atoms with Gasteiger partial charge in [-0.1, -0.05) is 26.8 Å². The highest BCUT2D eigenvalue weighted by atomic mass is 79.9. The molecule has 0 aliphatic rings. The molecule has 0 bridgehead atoms. The number of halogens is 1. The summed E-state index contributed by atoms with van der Waals surface area (Å²) in [6.07, 6.45) is 0.754. The summed E-state index contributed by atoms with van der Waals surface area (Å²) in [5, 5.41) is 3.31. The van der Waals surface area contributed by atoms with Gasteiger partial charge in [0, 0.05) is 23.1 Å². The molecular weight excluding hydrogens is 352 g/mol. The molecule has 0 saturated carbocycles. The van der Waals surface area contributed by atoms with Crippen molar-refractivity contribution in [1.29, 1.82) is 0 Å². The molecule has 0 fully saturated rings. The van der Waals surface area contributed by atoms with Crippen molar-refractivity contribution >= 4 is 26.0 Å². The maximum absolute atomic E-state index is 12.5. The monoisotopic (exact) mass is 376 g/mol. The molecule has 0 radical (unpaired) electrons. The van der Waals surface area contributed by atoms with E-state index in [1.165, 1.54) is 0 Å². The summed E-state index contributed by atoms with van der Waals surface area (Å²) in [5.74, 6) is 0. The zero-order chi connectivity index (χ0) is 16.2. The van der Waals surface area contributed by atoms with Crippen LogP contribution in [0.1, 0.15) is 45.2 Å². The molecule has 1 aromatic rings. The summed E-state index contributed by atoms with van der Waals surface area (Å²) in [5.41, 5.74) is 1.89. The highest BCUT2D eigenvalue weighted by molar-refractivity contribution is 9.10. The summed E-state index contributed by atoms with van der Waals surface area (Å²) >= 11 is 3.40. The standard InChI is InChI=1S/C15H25BrN2O2S/c1-6-12(5)18-21(19,20)14-8-13(9-17-10(2)3)7-11(4)15(14)16/h7-8,10,12,17-18H,6,9H2,1-5H3. The SMILES string of the molecule is CCC(C)NS(=O)(=O)c1cc(CNC(C)C)cc(C)c1Br. The molecular formula is C15H25BrN2O2S. The maximum Gasteiger partial charge on any atom is 0.241 e. The Kier molecular flexibility index (Phi) is 6.84. The van der Waals surface area contributed by atoms with Crippen LogP contribution in [-0.2, 0) is 16.6 Å². The quantitative estimate of drug-likeness (QED) is 0.766. The maximum atomic E-state index is 12.5. The van der Waals surface area contributed by atoms with Crippen LogP contribution in [0.3, 0.4) is 0 Å². The normalized spacial score (nSPS) is 13.7. The van der Waals surface area contributed by atoms with Crippen molar-refractivity contribution in [2.45, 2.75) is 64.6 Å². The molecule has 0 amide bonds. The molecule has 0 aliphatic carbocycles. The van der Waals surface area contributed by atoms with Gasteiger partial charge in [-0.3, -0.25) is 0 Å². The lowest BCUT2D eigenvalue weighted by Gasteiger charge is -2.16. The Morgan fingerprint density at radius 3 is 2.38 bits per heavy atom. The van der Waals surface area contributed by atoms with E-state index in [1.807, 2.05) is 26.8 Å². The molecule has 1 aromatic carbocycles. The molecule has 21 heavy (non-hydrogen) atoms. The lowest BCUT2D eigenvalue weighted by molar-refractivity contribution is 0.554. The summed E-state index contributed by atoms with van der Waals surface area (Å²) in [4.78, 5) is 0.309. The van der Waals surface area contributed by atoms with E-state index in [2.05, 4.69) is 39.8 Å². The second kappa shape index (κ2) is 7.72. The van der Waals surface area contributed by atoms with Crippen molar-refractivity contribution in [3.8, 4) is 0 Å². The molecule has 6 heteroatoms. The van der Waals surface area contributed by atoms with E-state index in [1.54, 1.807) is 6.07 Å². The number of hydrogen-bond acceptors (Lipinski definition) is 3. The van der Waals surface area contributed by atoms with Gasteiger partial charge in [-0.15, -0.1) is 0 Å². The fourth-order valence-corrected chi connectivity index (χ4v) is 4.24. The van der Waals surface area contributed by atoms with Gasteiger partial charge < -0.3 is 5.32 Å². The molecule has 120 valence electrons. The summed E-state index contributed by atoms with van der Waals surface area (Å²) in [6.45, 7) is 10.5. The van der Waals surface area contributed by atoms with Gasteiger partial charge in [0.05, 0.1) is 4.90 Å². The van der Waals surface area contributed by atoms with E-state index < -0.39 is 10.0 Å². The van der Waals surface area contributed by atoms with E-state index in [0.717, 1.165) is 17.5 Å². The largest absolute Gasteiger partial charge is 0.310 e. The number of rotatable bonds is 7. The Bertz CT molecular complexity index is 586. The van der Waals surface area contributed by atoms with Crippen LogP contribution in [0.5, 0.6) is 0 Å². The van der Waals surface area contributed by atoms with Gasteiger partial charge in [-0.2, -0.15) is 0 Å².